The molecular weight excluding hydrogens is 482 g/mol. The number of carbonyl (C=O) groups is 2. The monoisotopic (exact) mass is 509 g/mol. The van der Waals surface area contributed by atoms with Gasteiger partial charge >= 0.3 is 11.9 Å². The minimum atomic E-state index is -4.10. The summed E-state index contributed by atoms with van der Waals surface area (Å²) in [6.07, 6.45) is 4.78. The normalized spacial score (nSPS) is 12.9. The smallest absolute Gasteiger partial charge is 0.305 e. The Kier molecular flexibility index (Phi) is 8.22. The van der Waals surface area contributed by atoms with Crippen molar-refractivity contribution in [1.82, 2.24) is 0 Å². The molecule has 188 valence electrons. The van der Waals surface area contributed by atoms with Gasteiger partial charge in [0.25, 0.3) is 0 Å². The predicted molar refractivity (Wildman–Crippen MR) is 137 cm³/mol. The molecule has 0 amide bonds. The standard InChI is InChI=1S/C27H27NO7S/c1-4-15-28(18(2)16-26(29)30)24-14-13-23(21-7-5-6-8-22(21)24)25(17-27(31)32)36(33,34)20-11-9-19(35-3)10-12-20/h1,5-14,18,25H,15-17H2,2-3H3,(H,29,30)(H,31,32)/t18-,25?/m0/s1. The molecule has 9 heteroatoms. The highest BCUT2D eigenvalue weighted by Gasteiger charge is 2.33. The van der Waals surface area contributed by atoms with Crippen molar-refractivity contribution in [3.63, 3.8) is 0 Å². The van der Waals surface area contributed by atoms with Gasteiger partial charge in [0.05, 0.1) is 31.4 Å². The first kappa shape index (κ1) is 26.6. The Balaban J connectivity index is 2.21. The quantitative estimate of drug-likeness (QED) is 0.370. The number of anilines is 1. The average Bonchev–Trinajstić information content (AvgIpc) is 2.85. The fourth-order valence-electron chi connectivity index (χ4n) is 4.25. The van der Waals surface area contributed by atoms with Gasteiger partial charge in [0.15, 0.2) is 9.84 Å². The van der Waals surface area contributed by atoms with E-state index in [9.17, 15) is 28.2 Å². The second-order valence-corrected chi connectivity index (χ2v) is 10.4. The van der Waals surface area contributed by atoms with E-state index >= 15 is 0 Å². The van der Waals surface area contributed by atoms with Gasteiger partial charge in [-0.25, -0.2) is 8.42 Å². The second kappa shape index (κ2) is 11.1. The lowest BCUT2D eigenvalue weighted by atomic mass is 9.97. The van der Waals surface area contributed by atoms with E-state index in [2.05, 4.69) is 5.92 Å². The lowest BCUT2D eigenvalue weighted by Crippen LogP contribution is -2.35. The fourth-order valence-corrected chi connectivity index (χ4v) is 6.00. The first-order valence-corrected chi connectivity index (χ1v) is 12.7. The van der Waals surface area contributed by atoms with Gasteiger partial charge in [0.1, 0.15) is 11.0 Å². The van der Waals surface area contributed by atoms with Crippen molar-refractivity contribution in [3.05, 3.63) is 66.2 Å². The lowest BCUT2D eigenvalue weighted by molar-refractivity contribution is -0.138. The molecule has 2 N–H and O–H groups in total. The van der Waals surface area contributed by atoms with E-state index in [1.165, 1.54) is 31.4 Å². The SMILES string of the molecule is C#CCN(c1ccc(C(CC(=O)O)S(=O)(=O)c2ccc(OC)cc2)c2ccccc12)[C@@H](C)CC(=O)O. The van der Waals surface area contributed by atoms with Gasteiger partial charge in [-0.1, -0.05) is 36.3 Å². The summed E-state index contributed by atoms with van der Waals surface area (Å²) in [5.74, 6) is 0.798. The minimum absolute atomic E-state index is 0.0215. The number of nitrogens with zero attached hydrogens (tertiary/aromatic N) is 1. The molecule has 1 unspecified atom stereocenters. The number of terminal acetylenes is 1. The average molecular weight is 510 g/mol. The molecule has 0 aliphatic heterocycles. The van der Waals surface area contributed by atoms with E-state index in [0.717, 1.165) is 0 Å². The molecule has 3 aromatic rings. The van der Waals surface area contributed by atoms with Gasteiger partial charge in [0.2, 0.25) is 0 Å². The van der Waals surface area contributed by atoms with Crippen LogP contribution in [-0.2, 0) is 19.4 Å². The van der Waals surface area contributed by atoms with Crippen molar-refractivity contribution < 1.29 is 33.0 Å². The maximum absolute atomic E-state index is 13.7. The number of fused-ring (bicyclic) bond motifs is 1. The van der Waals surface area contributed by atoms with E-state index in [-0.39, 0.29) is 17.9 Å². The maximum atomic E-state index is 13.7. The number of aliphatic carboxylic acids is 2. The molecule has 0 saturated carbocycles. The number of benzene rings is 3. The maximum Gasteiger partial charge on any atom is 0.305 e. The van der Waals surface area contributed by atoms with Crippen LogP contribution in [0.3, 0.4) is 0 Å². The summed E-state index contributed by atoms with van der Waals surface area (Å²) in [5, 5.41) is 18.7. The summed E-state index contributed by atoms with van der Waals surface area (Å²) < 4.78 is 32.4. The molecule has 0 bridgehead atoms. The fraction of sp³-hybridized carbons (Fsp3) is 0.259. The molecule has 3 rings (SSSR count). The van der Waals surface area contributed by atoms with Gasteiger partial charge < -0.3 is 19.8 Å². The highest BCUT2D eigenvalue weighted by Crippen LogP contribution is 2.40. The van der Waals surface area contributed by atoms with Crippen molar-refractivity contribution in [2.45, 2.75) is 36.0 Å². The minimum Gasteiger partial charge on any atom is -0.497 e. The van der Waals surface area contributed by atoms with Crippen LogP contribution in [0.2, 0.25) is 0 Å². The summed E-state index contributed by atoms with van der Waals surface area (Å²) >= 11 is 0. The summed E-state index contributed by atoms with van der Waals surface area (Å²) in [7, 11) is -2.64. The van der Waals surface area contributed by atoms with Crippen LogP contribution < -0.4 is 9.64 Å². The van der Waals surface area contributed by atoms with Gasteiger partial charge in [-0.05, 0) is 48.2 Å². The Bertz CT molecular complexity index is 1410. The van der Waals surface area contributed by atoms with Crippen LogP contribution in [-0.4, -0.2) is 50.3 Å². The molecule has 3 aromatic carbocycles. The zero-order valence-corrected chi connectivity index (χ0v) is 20.7. The third kappa shape index (κ3) is 5.61. The van der Waals surface area contributed by atoms with Crippen LogP contribution in [0.25, 0.3) is 10.8 Å². The molecule has 0 fully saturated rings. The summed E-state index contributed by atoms with van der Waals surface area (Å²) in [6, 6.07) is 15.6. The molecule has 0 aromatic heterocycles. The number of carboxylic acids is 2. The van der Waals surface area contributed by atoms with Crippen molar-refractivity contribution in [2.75, 3.05) is 18.6 Å². The van der Waals surface area contributed by atoms with E-state index in [1.807, 2.05) is 0 Å². The van der Waals surface area contributed by atoms with Crippen LogP contribution in [0.5, 0.6) is 5.75 Å². The molecule has 0 spiro atoms. The summed E-state index contributed by atoms with van der Waals surface area (Å²) in [6.45, 7) is 1.88. The predicted octanol–water partition coefficient (Wildman–Crippen LogP) is 4.14. The molecule has 2 atom stereocenters. The van der Waals surface area contributed by atoms with Gasteiger partial charge in [0, 0.05) is 17.1 Å². The first-order valence-electron chi connectivity index (χ1n) is 11.1. The van der Waals surface area contributed by atoms with Crippen molar-refractivity contribution in [2.24, 2.45) is 0 Å². The molecule has 0 aliphatic rings. The van der Waals surface area contributed by atoms with E-state index < -0.39 is 39.5 Å². The van der Waals surface area contributed by atoms with E-state index in [4.69, 9.17) is 11.2 Å². The molecule has 0 saturated heterocycles. The second-order valence-electron chi connectivity index (χ2n) is 8.31. The topological polar surface area (TPSA) is 121 Å². The number of hydrogen-bond acceptors (Lipinski definition) is 6. The molecule has 0 radical (unpaired) electrons. The van der Waals surface area contributed by atoms with Crippen LogP contribution in [0, 0.1) is 12.3 Å². The Morgan fingerprint density at radius 1 is 0.972 bits per heavy atom. The number of sulfone groups is 1. The van der Waals surface area contributed by atoms with Crippen LogP contribution >= 0.6 is 0 Å². The van der Waals surface area contributed by atoms with Gasteiger partial charge in [-0.3, -0.25) is 9.59 Å². The number of ether oxygens (including phenoxy) is 1. The number of methoxy groups -OCH3 is 1. The Morgan fingerprint density at radius 3 is 2.14 bits per heavy atom. The zero-order valence-electron chi connectivity index (χ0n) is 19.9. The number of carboxylic acid groups (broad SMARTS) is 2. The van der Waals surface area contributed by atoms with Crippen molar-refractivity contribution >= 4 is 38.2 Å². The molecular formula is C27H27NO7S. The Labute approximate surface area is 210 Å². The van der Waals surface area contributed by atoms with Crippen LogP contribution in [0.4, 0.5) is 5.69 Å². The Morgan fingerprint density at radius 2 is 1.58 bits per heavy atom. The van der Waals surface area contributed by atoms with Gasteiger partial charge in [-0.15, -0.1) is 6.42 Å². The van der Waals surface area contributed by atoms with Gasteiger partial charge in [-0.2, -0.15) is 0 Å². The summed E-state index contributed by atoms with van der Waals surface area (Å²) in [5.41, 5.74) is 0.969. The van der Waals surface area contributed by atoms with E-state index in [0.29, 0.717) is 27.8 Å². The largest absolute Gasteiger partial charge is 0.497 e. The molecule has 0 aliphatic carbocycles. The third-order valence-electron chi connectivity index (χ3n) is 5.98. The lowest BCUT2D eigenvalue weighted by Gasteiger charge is -2.31. The Hall–Kier alpha value is -4.03. The molecule has 8 nitrogen and oxygen atoms in total. The summed E-state index contributed by atoms with van der Waals surface area (Å²) in [4.78, 5) is 24.9. The third-order valence-corrected chi connectivity index (χ3v) is 8.08. The number of hydrogen-bond donors (Lipinski definition) is 2. The van der Waals surface area contributed by atoms with Crippen LogP contribution in [0.1, 0.15) is 30.6 Å². The van der Waals surface area contributed by atoms with Crippen LogP contribution in [0.15, 0.2) is 65.6 Å². The van der Waals surface area contributed by atoms with Crippen molar-refractivity contribution in [3.8, 4) is 18.1 Å². The highest BCUT2D eigenvalue weighted by atomic mass is 32.2. The van der Waals surface area contributed by atoms with E-state index in [1.54, 1.807) is 48.2 Å². The number of rotatable bonds is 11. The molecule has 0 heterocycles. The highest BCUT2D eigenvalue weighted by molar-refractivity contribution is 7.91. The molecule has 36 heavy (non-hydrogen) atoms. The zero-order chi connectivity index (χ0) is 26.5. The first-order chi connectivity index (χ1) is 17.1. The van der Waals surface area contributed by atoms with Crippen molar-refractivity contribution in [1.29, 1.82) is 0 Å².